The number of aromatic nitrogens is 2. The van der Waals surface area contributed by atoms with E-state index >= 15 is 0 Å². The van der Waals surface area contributed by atoms with Crippen LogP contribution in [-0.2, 0) is 4.79 Å². The molecule has 0 aromatic carbocycles. The summed E-state index contributed by atoms with van der Waals surface area (Å²) >= 11 is 0. The van der Waals surface area contributed by atoms with Crippen LogP contribution in [0.25, 0.3) is 0 Å². The molecule has 7 nitrogen and oxygen atoms in total. The number of aliphatic imine (C=N–C) groups is 1. The van der Waals surface area contributed by atoms with Crippen LogP contribution in [0, 0.1) is 12.3 Å². The lowest BCUT2D eigenvalue weighted by Crippen LogP contribution is -2.31. The van der Waals surface area contributed by atoms with Crippen LogP contribution >= 0.6 is 0 Å². The van der Waals surface area contributed by atoms with Crippen molar-refractivity contribution in [2.45, 2.75) is 47.0 Å². The fourth-order valence-corrected chi connectivity index (χ4v) is 3.89. The van der Waals surface area contributed by atoms with Crippen molar-refractivity contribution in [1.82, 2.24) is 20.6 Å². The van der Waals surface area contributed by atoms with Crippen molar-refractivity contribution in [3.63, 3.8) is 0 Å². The standard InChI is InChI=1S/C22H32N6O/c1-15-19(27-16(2)21(29)24-12-8-11-23-5)20(26-14-25-15)28-13-22(3,4)17-9-6-7-10-18(17)28/h9-10,14,23H,6-8,11-13H2,1-5H3,(H,24,29). The molecule has 1 aliphatic heterocycles. The molecule has 3 rings (SSSR count). The summed E-state index contributed by atoms with van der Waals surface area (Å²) in [6, 6.07) is 0. The first kappa shape index (κ1) is 21.2. The number of fused-ring (bicyclic) bond motifs is 1. The summed E-state index contributed by atoms with van der Waals surface area (Å²) < 4.78 is 0. The van der Waals surface area contributed by atoms with Crippen LogP contribution in [0.4, 0.5) is 11.5 Å². The van der Waals surface area contributed by atoms with Crippen LogP contribution in [0.3, 0.4) is 0 Å². The molecule has 1 fully saturated rings. The average Bonchev–Trinajstić information content (AvgIpc) is 2.98. The van der Waals surface area contributed by atoms with Crippen LogP contribution in [0.1, 0.15) is 45.7 Å². The van der Waals surface area contributed by atoms with Gasteiger partial charge in [-0.15, -0.1) is 0 Å². The molecular formula is C22H32N6O. The molecule has 7 heteroatoms. The Morgan fingerprint density at radius 3 is 2.76 bits per heavy atom. The SMILES string of the molecule is CNCCCNC(=O)C(C)=Nc1c(C)ncnc1N1CC(C)(C)C2=CCCC=C21. The Balaban J connectivity index is 1.90. The molecule has 0 bridgehead atoms. The molecule has 0 saturated carbocycles. The van der Waals surface area contributed by atoms with Gasteiger partial charge in [-0.05, 0) is 52.3 Å². The van der Waals surface area contributed by atoms with Crippen LogP contribution in [0.15, 0.2) is 34.7 Å². The number of anilines is 1. The number of nitrogens with zero attached hydrogens (tertiary/aromatic N) is 4. The maximum atomic E-state index is 12.4. The molecule has 156 valence electrons. The third kappa shape index (κ3) is 4.56. The highest BCUT2D eigenvalue weighted by Gasteiger charge is 2.40. The summed E-state index contributed by atoms with van der Waals surface area (Å²) in [6.07, 6.45) is 9.20. The summed E-state index contributed by atoms with van der Waals surface area (Å²) in [4.78, 5) is 28.3. The number of hydrogen-bond acceptors (Lipinski definition) is 6. The van der Waals surface area contributed by atoms with Crippen molar-refractivity contribution < 1.29 is 4.79 Å². The minimum Gasteiger partial charge on any atom is -0.351 e. The van der Waals surface area contributed by atoms with Crippen LogP contribution in [-0.4, -0.2) is 48.3 Å². The van der Waals surface area contributed by atoms with Gasteiger partial charge in [-0.25, -0.2) is 15.0 Å². The highest BCUT2D eigenvalue weighted by atomic mass is 16.1. The zero-order valence-electron chi connectivity index (χ0n) is 18.2. The third-order valence-electron chi connectivity index (χ3n) is 5.44. The van der Waals surface area contributed by atoms with E-state index < -0.39 is 0 Å². The number of allylic oxidation sites excluding steroid dienone is 3. The van der Waals surface area contributed by atoms with Gasteiger partial charge in [0, 0.05) is 24.2 Å². The minimum absolute atomic E-state index is 0.0474. The molecule has 1 amide bonds. The van der Waals surface area contributed by atoms with Crippen molar-refractivity contribution in [2.75, 3.05) is 31.6 Å². The van der Waals surface area contributed by atoms with E-state index in [1.165, 1.54) is 11.3 Å². The second-order valence-electron chi connectivity index (χ2n) is 8.30. The molecule has 0 atom stereocenters. The first-order valence-electron chi connectivity index (χ1n) is 10.3. The molecule has 0 spiro atoms. The summed E-state index contributed by atoms with van der Waals surface area (Å²) in [5, 5.41) is 5.99. The molecule has 0 unspecified atom stereocenters. The van der Waals surface area contributed by atoms with E-state index in [0.29, 0.717) is 17.9 Å². The maximum Gasteiger partial charge on any atom is 0.265 e. The number of amides is 1. The molecule has 1 aromatic rings. The normalized spacial score (nSPS) is 18.2. The van der Waals surface area contributed by atoms with Crippen LogP contribution in [0.5, 0.6) is 0 Å². The Kier molecular flexibility index (Phi) is 6.47. The van der Waals surface area contributed by atoms with Gasteiger partial charge in [0.25, 0.3) is 5.91 Å². The smallest absolute Gasteiger partial charge is 0.265 e. The predicted molar refractivity (Wildman–Crippen MR) is 118 cm³/mol. The van der Waals surface area contributed by atoms with Gasteiger partial charge in [-0.3, -0.25) is 4.79 Å². The number of nitrogens with one attached hydrogen (secondary N) is 2. The van der Waals surface area contributed by atoms with E-state index in [0.717, 1.165) is 43.9 Å². The Bertz CT molecular complexity index is 868. The van der Waals surface area contributed by atoms with Gasteiger partial charge in [-0.1, -0.05) is 26.0 Å². The van der Waals surface area contributed by atoms with Crippen molar-refractivity contribution >= 4 is 23.1 Å². The van der Waals surface area contributed by atoms with Gasteiger partial charge in [0.15, 0.2) is 5.82 Å². The zero-order valence-corrected chi connectivity index (χ0v) is 18.2. The van der Waals surface area contributed by atoms with Crippen molar-refractivity contribution in [3.05, 3.63) is 35.4 Å². The number of carbonyl (C=O) groups is 1. The van der Waals surface area contributed by atoms with Gasteiger partial charge in [0.1, 0.15) is 17.7 Å². The highest BCUT2D eigenvalue weighted by molar-refractivity contribution is 6.38. The van der Waals surface area contributed by atoms with E-state index in [1.54, 1.807) is 13.3 Å². The lowest BCUT2D eigenvalue weighted by molar-refractivity contribution is -0.114. The maximum absolute atomic E-state index is 12.4. The van der Waals surface area contributed by atoms with Gasteiger partial charge in [0.05, 0.1) is 5.69 Å². The van der Waals surface area contributed by atoms with Gasteiger partial charge in [0.2, 0.25) is 0 Å². The Morgan fingerprint density at radius 2 is 2.00 bits per heavy atom. The fraction of sp³-hybridized carbons (Fsp3) is 0.545. The summed E-state index contributed by atoms with van der Waals surface area (Å²) in [7, 11) is 1.90. The Hall–Kier alpha value is -2.54. The van der Waals surface area contributed by atoms with Crippen molar-refractivity contribution in [1.29, 1.82) is 0 Å². The van der Waals surface area contributed by atoms with E-state index in [2.05, 4.69) is 56.5 Å². The second-order valence-corrected chi connectivity index (χ2v) is 8.30. The first-order chi connectivity index (χ1) is 13.8. The summed E-state index contributed by atoms with van der Waals surface area (Å²) in [6.45, 7) is 10.5. The first-order valence-corrected chi connectivity index (χ1v) is 10.3. The summed E-state index contributed by atoms with van der Waals surface area (Å²) in [5.41, 5.74) is 4.48. The third-order valence-corrected chi connectivity index (χ3v) is 5.44. The van der Waals surface area contributed by atoms with E-state index in [4.69, 9.17) is 0 Å². The fourth-order valence-electron chi connectivity index (χ4n) is 3.89. The van der Waals surface area contributed by atoms with Crippen LogP contribution in [0.2, 0.25) is 0 Å². The molecule has 1 aromatic heterocycles. The second kappa shape index (κ2) is 8.86. The Morgan fingerprint density at radius 1 is 1.24 bits per heavy atom. The molecule has 2 heterocycles. The molecule has 29 heavy (non-hydrogen) atoms. The van der Waals surface area contributed by atoms with Crippen LogP contribution < -0.4 is 15.5 Å². The zero-order chi connectivity index (χ0) is 21.0. The quantitative estimate of drug-likeness (QED) is 0.547. The van der Waals surface area contributed by atoms with Gasteiger partial charge in [-0.2, -0.15) is 0 Å². The number of rotatable bonds is 7. The van der Waals surface area contributed by atoms with E-state index in [9.17, 15) is 4.79 Å². The van der Waals surface area contributed by atoms with E-state index in [1.807, 2.05) is 14.0 Å². The molecule has 2 N–H and O–H groups in total. The Labute approximate surface area is 173 Å². The topological polar surface area (TPSA) is 82.5 Å². The largest absolute Gasteiger partial charge is 0.351 e. The lowest BCUT2D eigenvalue weighted by Gasteiger charge is -2.22. The van der Waals surface area contributed by atoms with Gasteiger partial charge < -0.3 is 15.5 Å². The lowest BCUT2D eigenvalue weighted by atomic mass is 9.84. The number of hydrogen-bond donors (Lipinski definition) is 2. The molecule has 2 aliphatic rings. The molecular weight excluding hydrogens is 364 g/mol. The van der Waals surface area contributed by atoms with Gasteiger partial charge >= 0.3 is 0 Å². The highest BCUT2D eigenvalue weighted by Crippen LogP contribution is 2.47. The number of carbonyl (C=O) groups excluding carboxylic acids is 1. The minimum atomic E-state index is -0.158. The summed E-state index contributed by atoms with van der Waals surface area (Å²) in [5.74, 6) is 0.610. The molecule has 1 saturated heterocycles. The monoisotopic (exact) mass is 396 g/mol. The average molecular weight is 397 g/mol. The predicted octanol–water partition coefficient (Wildman–Crippen LogP) is 3.05. The van der Waals surface area contributed by atoms with Crippen molar-refractivity contribution in [2.24, 2.45) is 10.4 Å². The van der Waals surface area contributed by atoms with E-state index in [-0.39, 0.29) is 11.3 Å². The molecule has 1 aliphatic carbocycles. The van der Waals surface area contributed by atoms with Crippen molar-refractivity contribution in [3.8, 4) is 0 Å². The molecule has 0 radical (unpaired) electrons. The number of aryl methyl sites for hydroxylation is 1.